The van der Waals surface area contributed by atoms with Gasteiger partial charge in [-0.1, -0.05) is 10.5 Å². The van der Waals surface area contributed by atoms with Gasteiger partial charge >= 0.3 is 5.97 Å². The standard InChI is InChI=1S/C17H16N2O6S/c1-19(24-3)26(21,22)14-6-4-5-13(10-14)17(20)25-15-8-7-12(11-18)9-16(15)23-2/h4-10H,1-3H3. The summed E-state index contributed by atoms with van der Waals surface area (Å²) >= 11 is 0. The number of methoxy groups -OCH3 is 1. The summed E-state index contributed by atoms with van der Waals surface area (Å²) in [5, 5.41) is 8.90. The molecule has 0 aliphatic rings. The molecule has 9 heteroatoms. The molecule has 0 saturated carbocycles. The monoisotopic (exact) mass is 376 g/mol. The molecule has 0 aliphatic heterocycles. The number of carbonyl (C=O) groups is 1. The second-order valence-electron chi connectivity index (χ2n) is 4.99. The Hall–Kier alpha value is -2.93. The lowest BCUT2D eigenvalue weighted by molar-refractivity contribution is -0.0258. The number of sulfonamides is 1. The van der Waals surface area contributed by atoms with Crippen LogP contribution in [0.15, 0.2) is 47.4 Å². The highest BCUT2D eigenvalue weighted by molar-refractivity contribution is 7.89. The minimum atomic E-state index is -3.90. The number of hydrogen-bond donors (Lipinski definition) is 0. The number of esters is 1. The average Bonchev–Trinajstić information content (AvgIpc) is 2.67. The number of hydrogen-bond acceptors (Lipinski definition) is 7. The summed E-state index contributed by atoms with van der Waals surface area (Å²) in [7, 11) is -0.0674. The third kappa shape index (κ3) is 4.00. The van der Waals surface area contributed by atoms with Crippen molar-refractivity contribution in [3.05, 3.63) is 53.6 Å². The molecule has 0 heterocycles. The molecule has 2 rings (SSSR count). The van der Waals surface area contributed by atoms with Crippen molar-refractivity contribution in [1.82, 2.24) is 4.47 Å². The van der Waals surface area contributed by atoms with E-state index in [0.717, 1.165) is 0 Å². The first-order chi connectivity index (χ1) is 12.3. The molecule has 2 aromatic rings. The van der Waals surface area contributed by atoms with Gasteiger partial charge in [-0.3, -0.25) is 4.84 Å². The van der Waals surface area contributed by atoms with Gasteiger partial charge in [0, 0.05) is 13.1 Å². The lowest BCUT2D eigenvalue weighted by atomic mass is 10.2. The molecule has 0 bridgehead atoms. The third-order valence-corrected chi connectivity index (χ3v) is 5.13. The van der Waals surface area contributed by atoms with Gasteiger partial charge in [0.2, 0.25) is 0 Å². The van der Waals surface area contributed by atoms with Crippen molar-refractivity contribution in [2.45, 2.75) is 4.90 Å². The van der Waals surface area contributed by atoms with E-state index in [9.17, 15) is 13.2 Å². The summed E-state index contributed by atoms with van der Waals surface area (Å²) in [6, 6.07) is 11.6. The van der Waals surface area contributed by atoms with Crippen molar-refractivity contribution < 1.29 is 27.5 Å². The van der Waals surface area contributed by atoms with E-state index in [4.69, 9.17) is 19.6 Å². The topological polar surface area (TPSA) is 106 Å². The maximum absolute atomic E-state index is 12.4. The fourth-order valence-electron chi connectivity index (χ4n) is 2.01. The van der Waals surface area contributed by atoms with Gasteiger partial charge in [-0.15, -0.1) is 0 Å². The van der Waals surface area contributed by atoms with Gasteiger partial charge in [0.05, 0.1) is 36.3 Å². The van der Waals surface area contributed by atoms with Gasteiger partial charge in [-0.05, 0) is 30.3 Å². The molecule has 0 saturated heterocycles. The summed E-state index contributed by atoms with van der Waals surface area (Å²) in [6.45, 7) is 0. The van der Waals surface area contributed by atoms with Crippen LogP contribution < -0.4 is 9.47 Å². The lowest BCUT2D eigenvalue weighted by Gasteiger charge is -2.14. The molecular formula is C17H16N2O6S. The van der Waals surface area contributed by atoms with Crippen molar-refractivity contribution in [2.24, 2.45) is 0 Å². The largest absolute Gasteiger partial charge is 0.493 e. The zero-order valence-corrected chi connectivity index (χ0v) is 15.1. The van der Waals surface area contributed by atoms with E-state index in [1.807, 2.05) is 6.07 Å². The van der Waals surface area contributed by atoms with E-state index in [1.165, 1.54) is 63.7 Å². The Balaban J connectivity index is 2.32. The number of ether oxygens (including phenoxy) is 2. The Bertz CT molecular complexity index is 965. The predicted octanol–water partition coefficient (Wildman–Crippen LogP) is 1.97. The molecule has 8 nitrogen and oxygen atoms in total. The fourth-order valence-corrected chi connectivity index (χ4v) is 3.03. The highest BCUT2D eigenvalue weighted by atomic mass is 32.2. The van der Waals surface area contributed by atoms with Crippen LogP contribution in [0.4, 0.5) is 0 Å². The molecule has 0 spiro atoms. The van der Waals surface area contributed by atoms with Crippen molar-refractivity contribution in [3.8, 4) is 17.6 Å². The minimum absolute atomic E-state index is 0.0296. The first-order valence-corrected chi connectivity index (χ1v) is 8.71. The SMILES string of the molecule is COc1cc(C#N)ccc1OC(=O)c1cccc(S(=O)(=O)N(C)OC)c1. The van der Waals surface area contributed by atoms with Gasteiger partial charge in [-0.2, -0.15) is 5.26 Å². The Morgan fingerprint density at radius 1 is 1.12 bits per heavy atom. The number of hydroxylamine groups is 1. The summed E-state index contributed by atoms with van der Waals surface area (Å²) in [5.41, 5.74) is 0.374. The van der Waals surface area contributed by atoms with Crippen LogP contribution >= 0.6 is 0 Å². The molecule has 2 aromatic carbocycles. The van der Waals surface area contributed by atoms with Gasteiger partial charge in [0.25, 0.3) is 10.0 Å². The lowest BCUT2D eigenvalue weighted by Crippen LogP contribution is -2.26. The van der Waals surface area contributed by atoms with Gasteiger partial charge in [-0.25, -0.2) is 13.2 Å². The van der Waals surface area contributed by atoms with E-state index < -0.39 is 16.0 Å². The van der Waals surface area contributed by atoms with Crippen LogP contribution in [0, 0.1) is 11.3 Å². The van der Waals surface area contributed by atoms with Crippen molar-refractivity contribution in [1.29, 1.82) is 5.26 Å². The van der Waals surface area contributed by atoms with E-state index in [2.05, 4.69) is 0 Å². The van der Waals surface area contributed by atoms with Crippen LogP contribution in [0.25, 0.3) is 0 Å². The van der Waals surface area contributed by atoms with Gasteiger partial charge in [0.1, 0.15) is 0 Å². The number of nitriles is 1. The zero-order valence-electron chi connectivity index (χ0n) is 14.3. The van der Waals surface area contributed by atoms with Crippen LogP contribution in [0.1, 0.15) is 15.9 Å². The van der Waals surface area contributed by atoms with Gasteiger partial charge in [0.15, 0.2) is 11.5 Å². The smallest absolute Gasteiger partial charge is 0.343 e. The molecule has 0 aliphatic carbocycles. The molecule has 0 unspecified atom stereocenters. The maximum Gasteiger partial charge on any atom is 0.343 e. The molecule has 0 amide bonds. The molecule has 0 atom stereocenters. The fraction of sp³-hybridized carbons (Fsp3) is 0.176. The van der Waals surface area contributed by atoms with Crippen molar-refractivity contribution >= 4 is 16.0 Å². The van der Waals surface area contributed by atoms with Crippen LogP contribution in [-0.2, 0) is 14.9 Å². The maximum atomic E-state index is 12.4. The second kappa shape index (κ2) is 7.97. The molecule has 0 fully saturated rings. The normalized spacial score (nSPS) is 11.0. The Morgan fingerprint density at radius 2 is 1.85 bits per heavy atom. The van der Waals surface area contributed by atoms with E-state index in [-0.39, 0.29) is 22.0 Å². The summed E-state index contributed by atoms with van der Waals surface area (Å²) in [6.07, 6.45) is 0. The van der Waals surface area contributed by atoms with Crippen LogP contribution in [-0.4, -0.2) is 40.1 Å². The highest BCUT2D eigenvalue weighted by Crippen LogP contribution is 2.29. The van der Waals surface area contributed by atoms with E-state index >= 15 is 0 Å². The van der Waals surface area contributed by atoms with Crippen molar-refractivity contribution in [3.63, 3.8) is 0 Å². The number of benzene rings is 2. The molecule has 0 radical (unpaired) electrons. The summed E-state index contributed by atoms with van der Waals surface area (Å²) in [5.74, 6) is -0.454. The number of nitrogens with zero attached hydrogens (tertiary/aromatic N) is 2. The average molecular weight is 376 g/mol. The molecule has 0 N–H and O–H groups in total. The molecular weight excluding hydrogens is 360 g/mol. The molecule has 136 valence electrons. The molecule has 0 aromatic heterocycles. The third-order valence-electron chi connectivity index (χ3n) is 3.46. The second-order valence-corrected chi connectivity index (χ2v) is 6.93. The highest BCUT2D eigenvalue weighted by Gasteiger charge is 2.22. The quantitative estimate of drug-likeness (QED) is 0.431. The molecule has 26 heavy (non-hydrogen) atoms. The van der Waals surface area contributed by atoms with E-state index in [0.29, 0.717) is 10.0 Å². The Kier molecular flexibility index (Phi) is 5.94. The first kappa shape index (κ1) is 19.4. The predicted molar refractivity (Wildman–Crippen MR) is 91.1 cm³/mol. The summed E-state index contributed by atoms with van der Waals surface area (Å²) < 4.78 is 35.6. The van der Waals surface area contributed by atoms with Crippen LogP contribution in [0.5, 0.6) is 11.5 Å². The van der Waals surface area contributed by atoms with Crippen LogP contribution in [0.3, 0.4) is 0 Å². The van der Waals surface area contributed by atoms with E-state index in [1.54, 1.807) is 0 Å². The minimum Gasteiger partial charge on any atom is -0.493 e. The zero-order chi connectivity index (χ0) is 19.3. The number of rotatable bonds is 6. The number of carbonyl (C=O) groups excluding carboxylic acids is 1. The summed E-state index contributed by atoms with van der Waals surface area (Å²) in [4.78, 5) is 17.0. The van der Waals surface area contributed by atoms with Crippen molar-refractivity contribution in [2.75, 3.05) is 21.3 Å². The Morgan fingerprint density at radius 3 is 2.46 bits per heavy atom. The van der Waals surface area contributed by atoms with Gasteiger partial charge < -0.3 is 9.47 Å². The Labute approximate surface area is 151 Å². The van der Waals surface area contributed by atoms with Crippen LogP contribution in [0.2, 0.25) is 0 Å². The first-order valence-electron chi connectivity index (χ1n) is 7.27.